The first-order valence-corrected chi connectivity index (χ1v) is 7.75. The topological polar surface area (TPSA) is 61.4 Å². The van der Waals surface area contributed by atoms with Crippen LogP contribution in [0.1, 0.15) is 21.5 Å². The summed E-state index contributed by atoms with van der Waals surface area (Å²) in [5.74, 6) is -0.245. The van der Waals surface area contributed by atoms with Crippen molar-refractivity contribution in [1.82, 2.24) is 5.32 Å². The van der Waals surface area contributed by atoms with Gasteiger partial charge in [0, 0.05) is 10.0 Å². The minimum absolute atomic E-state index is 0.0697. The summed E-state index contributed by atoms with van der Waals surface area (Å²) in [4.78, 5) is 12.1. The smallest absolute Gasteiger partial charge is 0.257 e. The van der Waals surface area contributed by atoms with Gasteiger partial charge in [0.05, 0.1) is 5.69 Å². The second-order valence-electron chi connectivity index (χ2n) is 4.89. The van der Waals surface area contributed by atoms with E-state index in [2.05, 4.69) is 26.6 Å². The van der Waals surface area contributed by atoms with Crippen LogP contribution in [0, 0.1) is 13.8 Å². The fraction of sp³-hybridized carbons (Fsp3) is 0.125. The number of aryl methyl sites for hydroxylation is 2. The molecule has 0 radical (unpaired) electrons. The fourth-order valence-corrected chi connectivity index (χ4v) is 2.39. The lowest BCUT2D eigenvalue weighted by Crippen LogP contribution is -2.34. The van der Waals surface area contributed by atoms with Crippen LogP contribution in [0.15, 0.2) is 40.9 Å². The van der Waals surface area contributed by atoms with Gasteiger partial charge in [-0.2, -0.15) is 0 Å². The average molecular weight is 379 g/mol. The van der Waals surface area contributed by atoms with Gasteiger partial charge in [0.2, 0.25) is 0 Å². The molecule has 2 rings (SSSR count). The van der Waals surface area contributed by atoms with Crippen LogP contribution in [0.25, 0.3) is 0 Å². The van der Waals surface area contributed by atoms with E-state index in [9.17, 15) is 9.90 Å². The lowest BCUT2D eigenvalue weighted by molar-refractivity contribution is 0.0977. The Balaban J connectivity index is 2.06. The normalized spacial score (nSPS) is 10.1. The van der Waals surface area contributed by atoms with Crippen LogP contribution in [-0.4, -0.2) is 16.1 Å². The van der Waals surface area contributed by atoms with Gasteiger partial charge in [-0.25, -0.2) is 0 Å². The van der Waals surface area contributed by atoms with Gasteiger partial charge in [-0.1, -0.05) is 28.1 Å². The lowest BCUT2D eigenvalue weighted by Gasteiger charge is -2.12. The molecule has 3 N–H and O–H groups in total. The van der Waals surface area contributed by atoms with Gasteiger partial charge in [0.25, 0.3) is 5.91 Å². The molecule has 1 amide bonds. The van der Waals surface area contributed by atoms with E-state index < -0.39 is 0 Å². The van der Waals surface area contributed by atoms with E-state index in [1.165, 1.54) is 0 Å². The Morgan fingerprint density at radius 1 is 1.18 bits per heavy atom. The summed E-state index contributed by atoms with van der Waals surface area (Å²) in [6.07, 6.45) is 0. The number of halogens is 1. The number of hydrogen-bond donors (Lipinski definition) is 3. The zero-order valence-corrected chi connectivity index (χ0v) is 14.5. The molecule has 0 bridgehead atoms. The van der Waals surface area contributed by atoms with Crippen LogP contribution in [-0.2, 0) is 0 Å². The summed E-state index contributed by atoms with van der Waals surface area (Å²) < 4.78 is 0.857. The van der Waals surface area contributed by atoms with Crippen LogP contribution in [0.4, 0.5) is 5.69 Å². The number of carbonyl (C=O) groups is 1. The highest BCUT2D eigenvalue weighted by Gasteiger charge is 2.10. The van der Waals surface area contributed by atoms with Crippen molar-refractivity contribution in [2.45, 2.75) is 13.8 Å². The summed E-state index contributed by atoms with van der Waals surface area (Å²) in [6.45, 7) is 3.84. The summed E-state index contributed by atoms with van der Waals surface area (Å²) >= 11 is 8.50. The molecule has 2 aromatic rings. The first-order chi connectivity index (χ1) is 10.4. The molecular weight excluding hydrogens is 364 g/mol. The van der Waals surface area contributed by atoms with Crippen LogP contribution < -0.4 is 10.6 Å². The third-order valence-electron chi connectivity index (χ3n) is 3.06. The maximum absolute atomic E-state index is 12.1. The number of rotatable bonds is 2. The third kappa shape index (κ3) is 4.05. The number of amides is 1. The van der Waals surface area contributed by atoms with Crippen molar-refractivity contribution in [2.24, 2.45) is 0 Å². The highest BCUT2D eigenvalue weighted by atomic mass is 79.9. The number of aromatic hydroxyl groups is 1. The van der Waals surface area contributed by atoms with E-state index in [0.717, 1.165) is 15.6 Å². The Morgan fingerprint density at radius 2 is 1.91 bits per heavy atom. The molecule has 114 valence electrons. The molecule has 22 heavy (non-hydrogen) atoms. The van der Waals surface area contributed by atoms with Crippen molar-refractivity contribution in [2.75, 3.05) is 5.32 Å². The molecule has 0 fully saturated rings. The number of anilines is 1. The van der Waals surface area contributed by atoms with Gasteiger partial charge in [-0.15, -0.1) is 0 Å². The molecule has 0 saturated carbocycles. The maximum atomic E-state index is 12.1. The lowest BCUT2D eigenvalue weighted by atomic mass is 10.1. The molecule has 0 aliphatic rings. The quantitative estimate of drug-likeness (QED) is 0.547. The Bertz CT molecular complexity index is 747. The number of phenolic OH excluding ortho intramolecular Hbond substituents is 1. The first kappa shape index (κ1) is 16.5. The Labute approximate surface area is 142 Å². The Hall–Kier alpha value is -1.92. The zero-order valence-electron chi connectivity index (χ0n) is 12.1. The van der Waals surface area contributed by atoms with E-state index in [4.69, 9.17) is 12.2 Å². The zero-order chi connectivity index (χ0) is 16.3. The molecule has 0 saturated heterocycles. The number of benzene rings is 2. The van der Waals surface area contributed by atoms with Crippen molar-refractivity contribution >= 4 is 44.9 Å². The SMILES string of the molecule is Cc1ccc(O)c(NC(=S)NC(=O)c2ccc(C)c(Br)c2)c1. The molecule has 0 aromatic heterocycles. The van der Waals surface area contributed by atoms with Crippen LogP contribution in [0.3, 0.4) is 0 Å². The number of thiocarbonyl (C=S) groups is 1. The monoisotopic (exact) mass is 378 g/mol. The van der Waals surface area contributed by atoms with Gasteiger partial charge in [0.15, 0.2) is 5.11 Å². The van der Waals surface area contributed by atoms with Crippen LogP contribution in [0.2, 0.25) is 0 Å². The second-order valence-corrected chi connectivity index (χ2v) is 6.16. The predicted molar refractivity (Wildman–Crippen MR) is 95.4 cm³/mol. The highest BCUT2D eigenvalue weighted by Crippen LogP contribution is 2.23. The summed E-state index contributed by atoms with van der Waals surface area (Å²) in [7, 11) is 0. The van der Waals surface area contributed by atoms with E-state index in [-0.39, 0.29) is 16.8 Å². The second kappa shape index (κ2) is 6.89. The van der Waals surface area contributed by atoms with Gasteiger partial charge in [0.1, 0.15) is 5.75 Å². The number of carbonyl (C=O) groups excluding carboxylic acids is 1. The molecule has 4 nitrogen and oxygen atoms in total. The maximum Gasteiger partial charge on any atom is 0.257 e. The fourth-order valence-electron chi connectivity index (χ4n) is 1.81. The van der Waals surface area contributed by atoms with Gasteiger partial charge >= 0.3 is 0 Å². The molecular formula is C16H15BrN2O2S. The number of phenols is 1. The number of hydrogen-bond acceptors (Lipinski definition) is 3. The van der Waals surface area contributed by atoms with E-state index in [1.54, 1.807) is 30.3 Å². The largest absolute Gasteiger partial charge is 0.506 e. The molecule has 0 aliphatic carbocycles. The van der Waals surface area contributed by atoms with Crippen molar-refractivity contribution in [3.05, 3.63) is 57.6 Å². The predicted octanol–water partition coefficient (Wildman–Crippen LogP) is 3.90. The summed E-state index contributed by atoms with van der Waals surface area (Å²) in [5.41, 5.74) is 2.96. The summed E-state index contributed by atoms with van der Waals surface area (Å²) in [5, 5.41) is 15.3. The molecule has 2 aromatic carbocycles. The molecule has 0 heterocycles. The molecule has 0 atom stereocenters. The van der Waals surface area contributed by atoms with E-state index in [1.807, 2.05) is 19.9 Å². The minimum Gasteiger partial charge on any atom is -0.506 e. The van der Waals surface area contributed by atoms with Crippen LogP contribution >= 0.6 is 28.1 Å². The highest BCUT2D eigenvalue weighted by molar-refractivity contribution is 9.10. The van der Waals surface area contributed by atoms with E-state index in [0.29, 0.717) is 11.3 Å². The first-order valence-electron chi connectivity index (χ1n) is 6.55. The molecule has 6 heteroatoms. The minimum atomic E-state index is -0.314. The van der Waals surface area contributed by atoms with Crippen molar-refractivity contribution in [1.29, 1.82) is 0 Å². The molecule has 0 aliphatic heterocycles. The Kier molecular flexibility index (Phi) is 5.15. The average Bonchev–Trinajstić information content (AvgIpc) is 2.45. The van der Waals surface area contributed by atoms with E-state index >= 15 is 0 Å². The van der Waals surface area contributed by atoms with Gasteiger partial charge in [-0.3, -0.25) is 10.1 Å². The standard InChI is InChI=1S/C16H15BrN2O2S/c1-9-3-6-14(20)13(7-9)18-16(22)19-15(21)11-5-4-10(2)12(17)8-11/h3-8,20H,1-2H3,(H2,18,19,21,22). The molecule has 0 unspecified atom stereocenters. The Morgan fingerprint density at radius 3 is 2.59 bits per heavy atom. The third-order valence-corrected chi connectivity index (χ3v) is 4.12. The van der Waals surface area contributed by atoms with Crippen LogP contribution in [0.5, 0.6) is 5.75 Å². The summed E-state index contributed by atoms with van der Waals surface area (Å²) in [6, 6.07) is 10.4. The molecule has 0 spiro atoms. The van der Waals surface area contributed by atoms with Gasteiger partial charge in [-0.05, 0) is 61.5 Å². The van der Waals surface area contributed by atoms with Crippen molar-refractivity contribution in [3.8, 4) is 5.75 Å². The van der Waals surface area contributed by atoms with Crippen molar-refractivity contribution in [3.63, 3.8) is 0 Å². The number of nitrogens with one attached hydrogen (secondary N) is 2. The van der Waals surface area contributed by atoms with Crippen molar-refractivity contribution < 1.29 is 9.90 Å². The van der Waals surface area contributed by atoms with Gasteiger partial charge < -0.3 is 10.4 Å².